The molecule has 0 rings (SSSR count). The monoisotopic (exact) mass is 154 g/mol. The highest BCUT2D eigenvalue weighted by Gasteiger charge is 1.95. The van der Waals surface area contributed by atoms with Crippen molar-refractivity contribution in [1.82, 2.24) is 0 Å². The lowest BCUT2D eigenvalue weighted by Crippen LogP contribution is -1.92. The van der Waals surface area contributed by atoms with Crippen molar-refractivity contribution in [2.75, 3.05) is 0 Å². The van der Waals surface area contributed by atoms with Crippen LogP contribution in [0.4, 0.5) is 0 Å². The molecule has 0 spiro atoms. The lowest BCUT2D eigenvalue weighted by molar-refractivity contribution is -0.114. The van der Waals surface area contributed by atoms with Crippen LogP contribution in [0.25, 0.3) is 0 Å². The van der Waals surface area contributed by atoms with Crippen molar-refractivity contribution in [2.45, 2.75) is 46.5 Å². The van der Waals surface area contributed by atoms with E-state index in [1.54, 1.807) is 6.08 Å². The molecule has 0 heterocycles. The van der Waals surface area contributed by atoms with Crippen molar-refractivity contribution in [1.29, 1.82) is 0 Å². The number of carbonyl (C=O) groups excluding carboxylic acids is 1. The van der Waals surface area contributed by atoms with Gasteiger partial charge in [0.2, 0.25) is 0 Å². The smallest absolute Gasteiger partial charge is 0.155 e. The standard InChI is InChI=1S/C10H18O/c1-4-6-9(3)8-10(11)7-5-2/h8H,4-7H2,1-3H3. The summed E-state index contributed by atoms with van der Waals surface area (Å²) in [5.74, 6) is 0.276. The largest absolute Gasteiger partial charge is 0.295 e. The van der Waals surface area contributed by atoms with Gasteiger partial charge in [0.15, 0.2) is 5.78 Å². The Bertz CT molecular complexity index is 145. The fourth-order valence-electron chi connectivity index (χ4n) is 1.06. The summed E-state index contributed by atoms with van der Waals surface area (Å²) in [6, 6.07) is 0. The van der Waals surface area contributed by atoms with Gasteiger partial charge in [-0.15, -0.1) is 0 Å². The van der Waals surface area contributed by atoms with Crippen LogP contribution in [0.3, 0.4) is 0 Å². The van der Waals surface area contributed by atoms with Gasteiger partial charge in [0, 0.05) is 6.42 Å². The number of rotatable bonds is 5. The first-order chi connectivity index (χ1) is 5.20. The van der Waals surface area contributed by atoms with E-state index in [4.69, 9.17) is 0 Å². The van der Waals surface area contributed by atoms with Crippen molar-refractivity contribution in [3.05, 3.63) is 11.6 Å². The first-order valence-electron chi connectivity index (χ1n) is 4.40. The summed E-state index contributed by atoms with van der Waals surface area (Å²) in [6.45, 7) is 6.18. The molecule has 1 heteroatoms. The Morgan fingerprint density at radius 3 is 2.18 bits per heavy atom. The molecule has 0 radical (unpaired) electrons. The SMILES string of the molecule is CCCC(=O)C=C(C)CCC. The molecular formula is C10H18O. The molecule has 1 nitrogen and oxygen atoms in total. The molecule has 0 unspecified atom stereocenters. The van der Waals surface area contributed by atoms with E-state index in [-0.39, 0.29) is 5.78 Å². The molecule has 0 bridgehead atoms. The minimum atomic E-state index is 0.276. The van der Waals surface area contributed by atoms with Crippen LogP contribution in [0.2, 0.25) is 0 Å². The molecule has 0 aliphatic heterocycles. The molecule has 0 fully saturated rings. The van der Waals surface area contributed by atoms with Gasteiger partial charge in [0.1, 0.15) is 0 Å². The fraction of sp³-hybridized carbons (Fsp3) is 0.700. The molecule has 0 aromatic heterocycles. The maximum absolute atomic E-state index is 11.1. The molecule has 64 valence electrons. The zero-order valence-electron chi connectivity index (χ0n) is 7.81. The highest BCUT2D eigenvalue weighted by Crippen LogP contribution is 2.04. The van der Waals surface area contributed by atoms with E-state index in [2.05, 4.69) is 6.92 Å². The Hall–Kier alpha value is -0.590. The van der Waals surface area contributed by atoms with Crippen LogP contribution in [0, 0.1) is 0 Å². The average molecular weight is 154 g/mol. The fourth-order valence-corrected chi connectivity index (χ4v) is 1.06. The topological polar surface area (TPSA) is 17.1 Å². The number of ketones is 1. The first-order valence-corrected chi connectivity index (χ1v) is 4.40. The van der Waals surface area contributed by atoms with Crippen molar-refractivity contribution < 1.29 is 4.79 Å². The summed E-state index contributed by atoms with van der Waals surface area (Å²) in [7, 11) is 0. The Labute approximate surface area is 69.5 Å². The van der Waals surface area contributed by atoms with E-state index in [0.29, 0.717) is 6.42 Å². The van der Waals surface area contributed by atoms with E-state index in [1.165, 1.54) is 5.57 Å². The van der Waals surface area contributed by atoms with Crippen molar-refractivity contribution >= 4 is 5.78 Å². The van der Waals surface area contributed by atoms with Gasteiger partial charge < -0.3 is 0 Å². The van der Waals surface area contributed by atoms with Gasteiger partial charge in [-0.2, -0.15) is 0 Å². The summed E-state index contributed by atoms with van der Waals surface area (Å²) >= 11 is 0. The van der Waals surface area contributed by atoms with Gasteiger partial charge in [0.25, 0.3) is 0 Å². The summed E-state index contributed by atoms with van der Waals surface area (Å²) < 4.78 is 0. The molecular weight excluding hydrogens is 136 g/mol. The van der Waals surface area contributed by atoms with Crippen LogP contribution in [0.1, 0.15) is 46.5 Å². The van der Waals surface area contributed by atoms with Gasteiger partial charge in [0.05, 0.1) is 0 Å². The maximum Gasteiger partial charge on any atom is 0.155 e. The first kappa shape index (κ1) is 10.4. The van der Waals surface area contributed by atoms with E-state index >= 15 is 0 Å². The second-order valence-corrected chi connectivity index (χ2v) is 2.96. The molecule has 0 saturated heterocycles. The third kappa shape index (κ3) is 5.84. The van der Waals surface area contributed by atoms with E-state index < -0.39 is 0 Å². The lowest BCUT2D eigenvalue weighted by atomic mass is 10.1. The minimum Gasteiger partial charge on any atom is -0.295 e. The second kappa shape index (κ2) is 6.14. The number of hydrogen-bond acceptors (Lipinski definition) is 1. The molecule has 0 amide bonds. The molecule has 0 aliphatic rings. The average Bonchev–Trinajstić information content (AvgIpc) is 1.87. The maximum atomic E-state index is 11.1. The van der Waals surface area contributed by atoms with Crippen LogP contribution < -0.4 is 0 Å². The van der Waals surface area contributed by atoms with Gasteiger partial charge in [-0.1, -0.05) is 25.8 Å². The van der Waals surface area contributed by atoms with Crippen LogP contribution in [-0.2, 0) is 4.79 Å². The molecule has 0 atom stereocenters. The zero-order chi connectivity index (χ0) is 8.69. The molecule has 0 N–H and O–H groups in total. The molecule has 0 aromatic carbocycles. The third-order valence-electron chi connectivity index (χ3n) is 1.55. The summed E-state index contributed by atoms with van der Waals surface area (Å²) in [6.07, 6.45) is 5.61. The summed E-state index contributed by atoms with van der Waals surface area (Å²) in [5, 5.41) is 0. The Morgan fingerprint density at radius 2 is 1.73 bits per heavy atom. The van der Waals surface area contributed by atoms with Crippen LogP contribution in [-0.4, -0.2) is 5.78 Å². The predicted molar refractivity (Wildman–Crippen MR) is 48.6 cm³/mol. The van der Waals surface area contributed by atoms with Gasteiger partial charge in [-0.3, -0.25) is 4.79 Å². The Balaban J connectivity index is 3.76. The number of hydrogen-bond donors (Lipinski definition) is 0. The van der Waals surface area contributed by atoms with Crippen LogP contribution in [0.5, 0.6) is 0 Å². The van der Waals surface area contributed by atoms with Crippen molar-refractivity contribution in [3.8, 4) is 0 Å². The quantitative estimate of drug-likeness (QED) is 0.556. The van der Waals surface area contributed by atoms with Crippen molar-refractivity contribution in [2.24, 2.45) is 0 Å². The minimum absolute atomic E-state index is 0.276. The van der Waals surface area contributed by atoms with Crippen LogP contribution in [0.15, 0.2) is 11.6 Å². The van der Waals surface area contributed by atoms with Gasteiger partial charge >= 0.3 is 0 Å². The van der Waals surface area contributed by atoms with E-state index in [9.17, 15) is 4.79 Å². The lowest BCUT2D eigenvalue weighted by Gasteiger charge is -1.96. The predicted octanol–water partition coefficient (Wildman–Crippen LogP) is 3.10. The third-order valence-corrected chi connectivity index (χ3v) is 1.55. The molecule has 0 aliphatic carbocycles. The van der Waals surface area contributed by atoms with Gasteiger partial charge in [-0.25, -0.2) is 0 Å². The Kier molecular flexibility index (Phi) is 5.81. The van der Waals surface area contributed by atoms with E-state index in [1.807, 2.05) is 13.8 Å². The number of carbonyl (C=O) groups is 1. The zero-order valence-corrected chi connectivity index (χ0v) is 7.81. The van der Waals surface area contributed by atoms with Crippen molar-refractivity contribution in [3.63, 3.8) is 0 Å². The molecule has 11 heavy (non-hydrogen) atoms. The Morgan fingerprint density at radius 1 is 1.18 bits per heavy atom. The van der Waals surface area contributed by atoms with E-state index in [0.717, 1.165) is 19.3 Å². The molecule has 0 saturated carbocycles. The second-order valence-electron chi connectivity index (χ2n) is 2.96. The van der Waals surface area contributed by atoms with Gasteiger partial charge in [-0.05, 0) is 25.8 Å². The summed E-state index contributed by atoms with van der Waals surface area (Å²) in [4.78, 5) is 11.1. The van der Waals surface area contributed by atoms with Crippen LogP contribution >= 0.6 is 0 Å². The molecule has 0 aromatic rings. The highest BCUT2D eigenvalue weighted by atomic mass is 16.1. The highest BCUT2D eigenvalue weighted by molar-refractivity contribution is 5.90. The number of allylic oxidation sites excluding steroid dienone is 2. The normalized spacial score (nSPS) is 11.7. The summed E-state index contributed by atoms with van der Waals surface area (Å²) in [5.41, 5.74) is 1.21.